The molecule has 0 aromatic carbocycles. The van der Waals surface area contributed by atoms with E-state index in [0.717, 1.165) is 0 Å². The van der Waals surface area contributed by atoms with Crippen LogP contribution in [-0.2, 0) is 0 Å². The van der Waals surface area contributed by atoms with Crippen molar-refractivity contribution in [3.8, 4) is 0 Å². The van der Waals surface area contributed by atoms with Crippen molar-refractivity contribution in [2.75, 3.05) is 21.1 Å². The topological polar surface area (TPSA) is 78.1 Å². The van der Waals surface area contributed by atoms with Gasteiger partial charge in [0.25, 0.3) is 0 Å². The maximum Gasteiger partial charge on any atom is -0.0195 e. The van der Waals surface area contributed by atoms with Gasteiger partial charge in [-0.3, -0.25) is 0 Å². The number of rotatable bonds is 0. The molecule has 1 fully saturated rings. The SMILES string of the molecule is C1CCCC1.CN.CN.CN. The maximum atomic E-state index is 4.50. The smallest absolute Gasteiger partial charge is 0.0195 e. The first-order valence-electron chi connectivity index (χ1n) is 4.23. The third-order valence-corrected chi connectivity index (χ3v) is 1.25. The summed E-state index contributed by atoms with van der Waals surface area (Å²) in [6.45, 7) is 0. The summed E-state index contributed by atoms with van der Waals surface area (Å²) >= 11 is 0. The van der Waals surface area contributed by atoms with E-state index in [2.05, 4.69) is 17.2 Å². The fourth-order valence-electron chi connectivity index (χ4n) is 0.884. The fraction of sp³-hybridized carbons (Fsp3) is 1.00. The summed E-state index contributed by atoms with van der Waals surface area (Å²) in [4.78, 5) is 0. The van der Waals surface area contributed by atoms with E-state index in [4.69, 9.17) is 0 Å². The summed E-state index contributed by atoms with van der Waals surface area (Å²) in [5.74, 6) is 0. The second-order valence-corrected chi connectivity index (χ2v) is 1.77. The maximum absolute atomic E-state index is 4.50. The van der Waals surface area contributed by atoms with Gasteiger partial charge in [0, 0.05) is 0 Å². The van der Waals surface area contributed by atoms with Gasteiger partial charge in [0.15, 0.2) is 0 Å². The van der Waals surface area contributed by atoms with Crippen molar-refractivity contribution in [1.82, 2.24) is 0 Å². The van der Waals surface area contributed by atoms with E-state index in [-0.39, 0.29) is 0 Å². The monoisotopic (exact) mass is 163 g/mol. The molecule has 0 aromatic heterocycles. The van der Waals surface area contributed by atoms with Crippen molar-refractivity contribution >= 4 is 0 Å². The minimum absolute atomic E-state index is 1.50. The van der Waals surface area contributed by atoms with E-state index in [9.17, 15) is 0 Å². The summed E-state index contributed by atoms with van der Waals surface area (Å²) < 4.78 is 0. The van der Waals surface area contributed by atoms with Crippen LogP contribution < -0.4 is 17.2 Å². The van der Waals surface area contributed by atoms with Gasteiger partial charge in [-0.15, -0.1) is 0 Å². The lowest BCUT2D eigenvalue weighted by Gasteiger charge is -1.67. The Labute approximate surface area is 71.3 Å². The second-order valence-electron chi connectivity index (χ2n) is 1.77. The Bertz CT molecular complexity index is 20.9. The Morgan fingerprint density at radius 2 is 0.545 bits per heavy atom. The minimum atomic E-state index is 1.50. The highest BCUT2D eigenvalue weighted by atomic mass is 14.4. The minimum Gasteiger partial charge on any atom is -0.333 e. The zero-order valence-electron chi connectivity index (χ0n) is 8.27. The molecule has 0 aliphatic heterocycles. The number of nitrogens with two attached hydrogens (primary N) is 3. The summed E-state index contributed by atoms with van der Waals surface area (Å²) in [5, 5.41) is 0. The molecule has 3 heteroatoms. The first-order chi connectivity index (χ1) is 5.50. The van der Waals surface area contributed by atoms with Crippen molar-refractivity contribution in [1.29, 1.82) is 0 Å². The van der Waals surface area contributed by atoms with Crippen LogP contribution in [0.5, 0.6) is 0 Å². The van der Waals surface area contributed by atoms with Crippen molar-refractivity contribution in [3.63, 3.8) is 0 Å². The molecule has 1 saturated carbocycles. The van der Waals surface area contributed by atoms with Crippen LogP contribution in [0.25, 0.3) is 0 Å². The molecule has 0 spiro atoms. The van der Waals surface area contributed by atoms with Crippen LogP contribution in [0, 0.1) is 0 Å². The molecule has 0 amide bonds. The Morgan fingerprint density at radius 1 is 0.455 bits per heavy atom. The van der Waals surface area contributed by atoms with Gasteiger partial charge in [-0.2, -0.15) is 0 Å². The molecule has 11 heavy (non-hydrogen) atoms. The van der Waals surface area contributed by atoms with E-state index in [1.54, 1.807) is 0 Å². The fourth-order valence-corrected chi connectivity index (χ4v) is 0.884. The van der Waals surface area contributed by atoms with Gasteiger partial charge in [-0.1, -0.05) is 32.1 Å². The third-order valence-electron chi connectivity index (χ3n) is 1.25. The van der Waals surface area contributed by atoms with Crippen LogP contribution in [0.1, 0.15) is 32.1 Å². The van der Waals surface area contributed by atoms with E-state index in [1.165, 1.54) is 53.2 Å². The van der Waals surface area contributed by atoms with Gasteiger partial charge in [0.2, 0.25) is 0 Å². The van der Waals surface area contributed by atoms with Crippen molar-refractivity contribution < 1.29 is 0 Å². The molecular weight excluding hydrogens is 138 g/mol. The first kappa shape index (κ1) is 17.1. The lowest BCUT2D eigenvalue weighted by Crippen LogP contribution is -1.69. The van der Waals surface area contributed by atoms with Gasteiger partial charge < -0.3 is 17.2 Å². The van der Waals surface area contributed by atoms with Crippen molar-refractivity contribution in [2.45, 2.75) is 32.1 Å². The predicted octanol–water partition coefficient (Wildman–Crippen LogP) is 0.675. The van der Waals surface area contributed by atoms with E-state index in [1.807, 2.05) is 0 Å². The quantitative estimate of drug-likeness (QED) is 0.491. The zero-order chi connectivity index (χ0) is 9.54. The van der Waals surface area contributed by atoms with Gasteiger partial charge >= 0.3 is 0 Å². The zero-order valence-corrected chi connectivity index (χ0v) is 8.27. The Kier molecular flexibility index (Phi) is 50.9. The molecular formula is C8H25N3. The predicted molar refractivity (Wildman–Crippen MR) is 53.4 cm³/mol. The summed E-state index contributed by atoms with van der Waals surface area (Å²) in [5.41, 5.74) is 13.5. The Hall–Kier alpha value is -0.120. The molecule has 0 heterocycles. The lowest BCUT2D eigenvalue weighted by atomic mass is 10.4. The lowest BCUT2D eigenvalue weighted by molar-refractivity contribution is 0.886. The van der Waals surface area contributed by atoms with E-state index < -0.39 is 0 Å². The highest BCUT2D eigenvalue weighted by molar-refractivity contribution is 4.51. The molecule has 6 N–H and O–H groups in total. The van der Waals surface area contributed by atoms with Gasteiger partial charge in [-0.05, 0) is 21.1 Å². The molecule has 1 aliphatic carbocycles. The summed E-state index contributed by atoms with van der Waals surface area (Å²) in [6.07, 6.45) is 7.50. The average molecular weight is 163 g/mol. The van der Waals surface area contributed by atoms with E-state index >= 15 is 0 Å². The summed E-state index contributed by atoms with van der Waals surface area (Å²) in [7, 11) is 4.50. The van der Waals surface area contributed by atoms with Crippen LogP contribution in [0.2, 0.25) is 0 Å². The molecule has 3 nitrogen and oxygen atoms in total. The van der Waals surface area contributed by atoms with Gasteiger partial charge in [0.05, 0.1) is 0 Å². The van der Waals surface area contributed by atoms with Crippen LogP contribution in [0.4, 0.5) is 0 Å². The second kappa shape index (κ2) is 32.7. The normalized spacial score (nSPS) is 12.5. The Morgan fingerprint density at radius 3 is 0.636 bits per heavy atom. The molecule has 0 bridgehead atoms. The molecule has 1 aliphatic rings. The molecule has 0 aromatic rings. The molecule has 0 radical (unpaired) electrons. The highest BCUT2D eigenvalue weighted by Crippen LogP contribution is 2.15. The third kappa shape index (κ3) is 25.8. The highest BCUT2D eigenvalue weighted by Gasteiger charge is 1.95. The number of hydrogen-bond acceptors (Lipinski definition) is 3. The van der Waals surface area contributed by atoms with E-state index in [0.29, 0.717) is 0 Å². The largest absolute Gasteiger partial charge is 0.333 e. The molecule has 1 rings (SSSR count). The molecule has 0 atom stereocenters. The number of hydrogen-bond donors (Lipinski definition) is 3. The van der Waals surface area contributed by atoms with Crippen LogP contribution in [0.3, 0.4) is 0 Å². The van der Waals surface area contributed by atoms with Gasteiger partial charge in [-0.25, -0.2) is 0 Å². The van der Waals surface area contributed by atoms with Crippen molar-refractivity contribution in [2.24, 2.45) is 17.2 Å². The van der Waals surface area contributed by atoms with Crippen LogP contribution >= 0.6 is 0 Å². The molecule has 0 unspecified atom stereocenters. The Balaban J connectivity index is -0.0000000933. The van der Waals surface area contributed by atoms with Gasteiger partial charge in [0.1, 0.15) is 0 Å². The molecule has 72 valence electrons. The summed E-state index contributed by atoms with van der Waals surface area (Å²) in [6, 6.07) is 0. The molecule has 0 saturated heterocycles. The standard InChI is InChI=1S/C5H10.3CH5N/c1-2-4-5-3-1;3*1-2/h1-5H2;3*2H2,1H3. The van der Waals surface area contributed by atoms with Crippen LogP contribution in [0.15, 0.2) is 0 Å². The van der Waals surface area contributed by atoms with Crippen LogP contribution in [-0.4, -0.2) is 21.1 Å². The average Bonchev–Trinajstić information content (AvgIpc) is 2.71. The first-order valence-corrected chi connectivity index (χ1v) is 4.23. The van der Waals surface area contributed by atoms with Crippen molar-refractivity contribution in [3.05, 3.63) is 0 Å².